The molecule has 9 heteroatoms. The maximum absolute atomic E-state index is 12.9. The number of benzene rings is 1. The van der Waals surface area contributed by atoms with Gasteiger partial charge in [0.05, 0.1) is 25.8 Å². The van der Waals surface area contributed by atoms with Crippen LogP contribution in [0.2, 0.25) is 0 Å². The van der Waals surface area contributed by atoms with Crippen LogP contribution in [0.15, 0.2) is 22.6 Å². The van der Waals surface area contributed by atoms with Crippen molar-refractivity contribution < 1.29 is 18.7 Å². The Hall–Kier alpha value is -2.81. The maximum atomic E-state index is 12.9. The number of carbonyl (C=O) groups excluding carboxylic acids is 1. The highest BCUT2D eigenvalue weighted by molar-refractivity contribution is 5.91. The van der Waals surface area contributed by atoms with Gasteiger partial charge in [-0.2, -0.15) is 0 Å². The van der Waals surface area contributed by atoms with E-state index in [1.165, 1.54) is 0 Å². The Balaban J connectivity index is 1.44. The summed E-state index contributed by atoms with van der Waals surface area (Å²) in [5.41, 5.74) is 0.653. The van der Waals surface area contributed by atoms with E-state index in [0.717, 1.165) is 31.8 Å². The fourth-order valence-corrected chi connectivity index (χ4v) is 4.78. The lowest BCUT2D eigenvalue weighted by atomic mass is 9.71. The number of methoxy groups -OCH3 is 2. The minimum atomic E-state index is -0.132. The standard InChI is InChI=1S/C21H29N5O4/c1-14-23-24-19(30-14)16-12-25(2)13-21(16)7-9-26(10-8-21)20(27)22-17-11-15(28-3)5-6-18(17)29-4/h5-6,11,16H,7-10,12-13H2,1-4H3,(H,22,27). The third kappa shape index (κ3) is 3.81. The van der Waals surface area contributed by atoms with Gasteiger partial charge in [-0.05, 0) is 37.4 Å². The second-order valence-electron chi connectivity index (χ2n) is 8.25. The molecule has 0 aliphatic carbocycles. The zero-order valence-corrected chi connectivity index (χ0v) is 18.0. The molecule has 3 heterocycles. The first-order chi connectivity index (χ1) is 14.4. The topological polar surface area (TPSA) is 93.0 Å². The first kappa shape index (κ1) is 20.5. The van der Waals surface area contributed by atoms with Gasteiger partial charge in [0.15, 0.2) is 0 Å². The van der Waals surface area contributed by atoms with Crippen molar-refractivity contribution in [3.05, 3.63) is 30.0 Å². The number of ether oxygens (including phenoxy) is 2. The predicted molar refractivity (Wildman–Crippen MR) is 111 cm³/mol. The molecule has 30 heavy (non-hydrogen) atoms. The van der Waals surface area contributed by atoms with E-state index in [-0.39, 0.29) is 17.4 Å². The van der Waals surface area contributed by atoms with Gasteiger partial charge >= 0.3 is 6.03 Å². The number of anilines is 1. The molecule has 2 fully saturated rings. The minimum Gasteiger partial charge on any atom is -0.497 e. The molecular formula is C21H29N5O4. The number of hydrogen-bond acceptors (Lipinski definition) is 7. The van der Waals surface area contributed by atoms with E-state index in [1.807, 2.05) is 11.8 Å². The molecule has 9 nitrogen and oxygen atoms in total. The number of likely N-dealkylation sites (N-methyl/N-ethyl adjacent to an activating group) is 1. The number of hydrogen-bond donors (Lipinski definition) is 1. The number of piperidine rings is 1. The van der Waals surface area contributed by atoms with E-state index in [1.54, 1.807) is 32.4 Å². The van der Waals surface area contributed by atoms with Crippen LogP contribution in [0.4, 0.5) is 10.5 Å². The first-order valence-electron chi connectivity index (χ1n) is 10.2. The van der Waals surface area contributed by atoms with Crippen molar-refractivity contribution in [3.63, 3.8) is 0 Å². The van der Waals surface area contributed by atoms with Gasteiger partial charge in [-0.25, -0.2) is 4.79 Å². The van der Waals surface area contributed by atoms with Crippen molar-refractivity contribution in [2.75, 3.05) is 52.8 Å². The molecule has 2 aromatic rings. The Morgan fingerprint density at radius 3 is 2.63 bits per heavy atom. The number of aromatic nitrogens is 2. The normalized spacial score (nSPS) is 21.1. The van der Waals surface area contributed by atoms with Crippen molar-refractivity contribution in [1.29, 1.82) is 0 Å². The lowest BCUT2D eigenvalue weighted by molar-refractivity contribution is 0.110. The van der Waals surface area contributed by atoms with Crippen LogP contribution < -0.4 is 14.8 Å². The highest BCUT2D eigenvalue weighted by Gasteiger charge is 2.50. The number of aryl methyl sites for hydroxylation is 1. The summed E-state index contributed by atoms with van der Waals surface area (Å²) in [4.78, 5) is 17.1. The van der Waals surface area contributed by atoms with Gasteiger partial charge in [-0.3, -0.25) is 0 Å². The highest BCUT2D eigenvalue weighted by Crippen LogP contribution is 2.49. The Bertz CT molecular complexity index is 907. The molecule has 1 atom stereocenters. The van der Waals surface area contributed by atoms with E-state index < -0.39 is 0 Å². The van der Waals surface area contributed by atoms with E-state index in [2.05, 4.69) is 27.5 Å². The molecule has 0 radical (unpaired) electrons. The van der Waals surface area contributed by atoms with E-state index in [4.69, 9.17) is 13.9 Å². The summed E-state index contributed by atoms with van der Waals surface area (Å²) in [5, 5.41) is 11.3. The molecule has 2 saturated heterocycles. The van der Waals surface area contributed by atoms with E-state index in [0.29, 0.717) is 36.2 Å². The zero-order valence-electron chi connectivity index (χ0n) is 18.0. The summed E-state index contributed by atoms with van der Waals surface area (Å²) in [6.45, 7) is 5.04. The fraction of sp³-hybridized carbons (Fsp3) is 0.571. The summed E-state index contributed by atoms with van der Waals surface area (Å²) < 4.78 is 16.4. The maximum Gasteiger partial charge on any atom is 0.321 e. The van der Waals surface area contributed by atoms with Crippen molar-refractivity contribution in [2.24, 2.45) is 5.41 Å². The molecule has 1 spiro atoms. The Morgan fingerprint density at radius 1 is 1.23 bits per heavy atom. The summed E-state index contributed by atoms with van der Waals surface area (Å²) >= 11 is 0. The summed E-state index contributed by atoms with van der Waals surface area (Å²) in [6.07, 6.45) is 1.79. The lowest BCUT2D eigenvalue weighted by Gasteiger charge is -2.41. The number of rotatable bonds is 4. The summed E-state index contributed by atoms with van der Waals surface area (Å²) in [6, 6.07) is 5.22. The minimum absolute atomic E-state index is 0.0537. The molecule has 0 saturated carbocycles. The van der Waals surface area contributed by atoms with E-state index >= 15 is 0 Å². The first-order valence-corrected chi connectivity index (χ1v) is 10.2. The van der Waals surface area contributed by atoms with Gasteiger partial charge in [0.2, 0.25) is 11.8 Å². The van der Waals surface area contributed by atoms with Crippen LogP contribution in [-0.2, 0) is 0 Å². The van der Waals surface area contributed by atoms with Gasteiger partial charge in [0, 0.05) is 39.2 Å². The van der Waals surface area contributed by atoms with Gasteiger partial charge in [-0.1, -0.05) is 0 Å². The van der Waals surface area contributed by atoms with Gasteiger partial charge < -0.3 is 29.0 Å². The molecule has 1 aromatic heterocycles. The Labute approximate surface area is 176 Å². The third-order valence-corrected chi connectivity index (χ3v) is 6.35. The van der Waals surface area contributed by atoms with Crippen LogP contribution in [0.25, 0.3) is 0 Å². The molecule has 2 aliphatic heterocycles. The van der Waals surface area contributed by atoms with Crippen molar-refractivity contribution in [3.8, 4) is 11.5 Å². The molecule has 162 valence electrons. The molecule has 1 unspecified atom stereocenters. The predicted octanol–water partition coefficient (Wildman–Crippen LogP) is 2.74. The molecule has 1 N–H and O–H groups in total. The van der Waals surface area contributed by atoms with Gasteiger partial charge in [-0.15, -0.1) is 10.2 Å². The van der Waals surface area contributed by atoms with Gasteiger partial charge in [0.25, 0.3) is 0 Å². The van der Waals surface area contributed by atoms with Crippen molar-refractivity contribution >= 4 is 11.7 Å². The number of nitrogens with one attached hydrogen (secondary N) is 1. The molecule has 2 amide bonds. The van der Waals surface area contributed by atoms with Crippen LogP contribution in [-0.4, -0.2) is 73.5 Å². The SMILES string of the molecule is COc1ccc(OC)c(NC(=O)N2CCC3(CC2)CN(C)CC3c2nnc(C)o2)c1. The molecule has 4 rings (SSSR count). The number of likely N-dealkylation sites (tertiary alicyclic amines) is 2. The van der Waals surface area contributed by atoms with E-state index in [9.17, 15) is 4.79 Å². The highest BCUT2D eigenvalue weighted by atomic mass is 16.5. The molecular weight excluding hydrogens is 386 g/mol. The van der Waals surface area contributed by atoms with Crippen LogP contribution in [0.3, 0.4) is 0 Å². The Morgan fingerprint density at radius 2 is 2.00 bits per heavy atom. The number of urea groups is 1. The van der Waals surface area contributed by atoms with Crippen molar-refractivity contribution in [2.45, 2.75) is 25.7 Å². The zero-order chi connectivity index (χ0) is 21.3. The fourth-order valence-electron chi connectivity index (χ4n) is 4.78. The van der Waals surface area contributed by atoms with Crippen molar-refractivity contribution in [1.82, 2.24) is 20.0 Å². The van der Waals surface area contributed by atoms with Crippen LogP contribution >= 0.6 is 0 Å². The molecule has 2 aliphatic rings. The summed E-state index contributed by atoms with van der Waals surface area (Å²) in [7, 11) is 5.30. The average molecular weight is 415 g/mol. The largest absolute Gasteiger partial charge is 0.497 e. The van der Waals surface area contributed by atoms with Gasteiger partial charge in [0.1, 0.15) is 11.5 Å². The van der Waals surface area contributed by atoms with Crippen LogP contribution in [0.5, 0.6) is 11.5 Å². The van der Waals surface area contributed by atoms with Crippen LogP contribution in [0, 0.1) is 12.3 Å². The average Bonchev–Trinajstić information content (AvgIpc) is 3.31. The second-order valence-corrected chi connectivity index (χ2v) is 8.25. The lowest BCUT2D eigenvalue weighted by Crippen LogP contribution is -2.47. The molecule has 0 bridgehead atoms. The Kier molecular flexibility index (Phi) is 5.55. The number of nitrogens with zero attached hydrogens (tertiary/aromatic N) is 4. The third-order valence-electron chi connectivity index (χ3n) is 6.35. The van der Waals surface area contributed by atoms with Crippen LogP contribution in [0.1, 0.15) is 30.5 Å². The summed E-state index contributed by atoms with van der Waals surface area (Å²) in [5.74, 6) is 2.78. The smallest absolute Gasteiger partial charge is 0.321 e. The second kappa shape index (κ2) is 8.14. The number of carbonyl (C=O) groups is 1. The number of amides is 2. The monoisotopic (exact) mass is 415 g/mol. The molecule has 1 aromatic carbocycles. The quantitative estimate of drug-likeness (QED) is 0.821.